The number of hydrogen-bond acceptors (Lipinski definition) is 10. The molecule has 0 unspecified atom stereocenters. The summed E-state index contributed by atoms with van der Waals surface area (Å²) >= 11 is 2.83. The van der Waals surface area contributed by atoms with Crippen molar-refractivity contribution in [1.82, 2.24) is 30.4 Å². The molecule has 208 valence electrons. The van der Waals surface area contributed by atoms with Crippen molar-refractivity contribution in [3.63, 3.8) is 0 Å². The van der Waals surface area contributed by atoms with E-state index in [0.717, 1.165) is 26.5 Å². The third-order valence-corrected chi connectivity index (χ3v) is 9.04. The smallest absolute Gasteiger partial charge is 0.355 e. The van der Waals surface area contributed by atoms with Crippen LogP contribution in [-0.4, -0.2) is 62.3 Å². The van der Waals surface area contributed by atoms with Gasteiger partial charge in [0.15, 0.2) is 27.6 Å². The average Bonchev–Trinajstić information content (AvgIpc) is 3.57. The normalized spacial score (nSPS) is 13.2. The Bertz CT molecular complexity index is 1700. The number of nitrogens with zero attached hydrogens (tertiary/aromatic N) is 6. The van der Waals surface area contributed by atoms with Crippen molar-refractivity contribution in [2.24, 2.45) is 0 Å². The van der Waals surface area contributed by atoms with Gasteiger partial charge in [0.25, 0.3) is 0 Å². The first-order valence-electron chi connectivity index (χ1n) is 12.9. The second-order valence-corrected chi connectivity index (χ2v) is 11.7. The van der Waals surface area contributed by atoms with Crippen LogP contribution < -0.4 is 15.5 Å². The van der Waals surface area contributed by atoms with Crippen molar-refractivity contribution < 1.29 is 14.7 Å². The van der Waals surface area contributed by atoms with Gasteiger partial charge in [-0.05, 0) is 36.2 Å². The molecule has 0 radical (unpaired) electrons. The van der Waals surface area contributed by atoms with Gasteiger partial charge >= 0.3 is 12.0 Å². The first kappa shape index (κ1) is 26.6. The summed E-state index contributed by atoms with van der Waals surface area (Å²) in [5, 5.41) is 25.9. The molecule has 2 amide bonds. The van der Waals surface area contributed by atoms with E-state index in [1.54, 1.807) is 16.8 Å². The van der Waals surface area contributed by atoms with Crippen molar-refractivity contribution >= 4 is 66.8 Å². The Morgan fingerprint density at radius 2 is 1.80 bits per heavy atom. The van der Waals surface area contributed by atoms with Crippen LogP contribution in [-0.2, 0) is 6.54 Å². The van der Waals surface area contributed by atoms with Gasteiger partial charge in [-0.15, -0.1) is 21.5 Å². The fraction of sp³-hybridized carbons (Fsp3) is 0.214. The molecule has 0 spiro atoms. The summed E-state index contributed by atoms with van der Waals surface area (Å²) in [7, 11) is 1.78. The number of aryl methyl sites for hydroxylation is 1. The van der Waals surface area contributed by atoms with Crippen LogP contribution in [0.1, 0.15) is 32.4 Å². The van der Waals surface area contributed by atoms with Gasteiger partial charge in [-0.3, -0.25) is 0 Å². The molecule has 1 saturated heterocycles. The summed E-state index contributed by atoms with van der Waals surface area (Å²) in [4.78, 5) is 37.7. The SMILES string of the molecule is Cc1cc(N(C)c2nc(C(=O)O)c(C3CN(C(=O)NCc4ccccc4)C3)s2)nnc1Nc1nc2ccccc2s1. The van der Waals surface area contributed by atoms with Gasteiger partial charge in [0.2, 0.25) is 0 Å². The number of amides is 2. The number of para-hydroxylation sites is 1. The van der Waals surface area contributed by atoms with E-state index >= 15 is 0 Å². The molecule has 3 aromatic heterocycles. The minimum atomic E-state index is -1.10. The number of aromatic carboxylic acids is 1. The summed E-state index contributed by atoms with van der Waals surface area (Å²) in [5.74, 6) is -0.0746. The summed E-state index contributed by atoms with van der Waals surface area (Å²) in [5.41, 5.74) is 2.79. The Kier molecular flexibility index (Phi) is 7.20. The lowest BCUT2D eigenvalue weighted by Crippen LogP contribution is -2.52. The molecule has 3 N–H and O–H groups in total. The quantitative estimate of drug-likeness (QED) is 0.219. The van der Waals surface area contributed by atoms with Gasteiger partial charge in [0, 0.05) is 37.5 Å². The van der Waals surface area contributed by atoms with Crippen molar-refractivity contribution in [1.29, 1.82) is 0 Å². The predicted octanol–water partition coefficient (Wildman–Crippen LogP) is 5.37. The zero-order chi connectivity index (χ0) is 28.5. The Labute approximate surface area is 243 Å². The van der Waals surface area contributed by atoms with Crippen LogP contribution in [0.3, 0.4) is 0 Å². The lowest BCUT2D eigenvalue weighted by Gasteiger charge is -2.38. The number of rotatable bonds is 8. The van der Waals surface area contributed by atoms with E-state index in [4.69, 9.17) is 0 Å². The molecular formula is C28H26N8O3S2. The zero-order valence-corrected chi connectivity index (χ0v) is 23.9. The summed E-state index contributed by atoms with van der Waals surface area (Å²) in [6, 6.07) is 19.3. The van der Waals surface area contributed by atoms with Crippen LogP contribution >= 0.6 is 22.7 Å². The lowest BCUT2D eigenvalue weighted by molar-refractivity contribution is 0.0688. The first-order chi connectivity index (χ1) is 19.9. The Balaban J connectivity index is 1.13. The maximum absolute atomic E-state index is 12.6. The number of nitrogens with one attached hydrogen (secondary N) is 2. The number of urea groups is 1. The molecule has 13 heteroatoms. The molecule has 6 rings (SSSR count). The fourth-order valence-corrected chi connectivity index (χ4v) is 6.45. The van der Waals surface area contributed by atoms with Gasteiger partial charge in [-0.1, -0.05) is 53.8 Å². The maximum Gasteiger partial charge on any atom is 0.355 e. The minimum Gasteiger partial charge on any atom is -0.476 e. The summed E-state index contributed by atoms with van der Waals surface area (Å²) in [6.45, 7) is 3.21. The number of aromatic nitrogens is 4. The fourth-order valence-electron chi connectivity index (χ4n) is 4.47. The molecule has 5 aromatic rings. The highest BCUT2D eigenvalue weighted by atomic mass is 32.1. The Morgan fingerprint density at radius 3 is 2.54 bits per heavy atom. The number of likely N-dealkylation sites (tertiary alicyclic amines) is 1. The van der Waals surface area contributed by atoms with Crippen molar-refractivity contribution in [3.8, 4) is 0 Å². The third kappa shape index (κ3) is 5.54. The number of anilines is 4. The second kappa shape index (κ2) is 11.1. The highest BCUT2D eigenvalue weighted by Gasteiger charge is 2.37. The molecule has 0 atom stereocenters. The van der Waals surface area contributed by atoms with Crippen molar-refractivity contribution in [3.05, 3.63) is 82.4 Å². The average molecular weight is 587 g/mol. The number of carboxylic acid groups (broad SMARTS) is 1. The van der Waals surface area contributed by atoms with Gasteiger partial charge in [0.05, 0.1) is 10.2 Å². The first-order valence-corrected chi connectivity index (χ1v) is 14.5. The second-order valence-electron chi connectivity index (χ2n) is 9.67. The summed E-state index contributed by atoms with van der Waals surface area (Å²) in [6.07, 6.45) is 0. The lowest BCUT2D eigenvalue weighted by atomic mass is 9.97. The van der Waals surface area contributed by atoms with E-state index in [1.165, 1.54) is 22.7 Å². The number of hydrogen-bond donors (Lipinski definition) is 3. The number of benzene rings is 2. The standard InChI is InChI=1S/C28H26N8O3S2/c1-16-12-21(33-34-24(16)32-26-30-19-10-6-7-11-20(19)40-26)35(2)28-31-22(25(37)38)23(41-28)18-14-36(15-18)27(39)29-13-17-8-4-3-5-9-17/h3-12,18H,13-15H2,1-2H3,(H,29,39)(H,37,38)(H,30,32,34). The van der Waals surface area contributed by atoms with Crippen LogP contribution in [0.5, 0.6) is 0 Å². The monoisotopic (exact) mass is 586 g/mol. The van der Waals surface area contributed by atoms with E-state index in [9.17, 15) is 14.7 Å². The molecule has 0 aliphatic carbocycles. The van der Waals surface area contributed by atoms with E-state index < -0.39 is 5.97 Å². The zero-order valence-electron chi connectivity index (χ0n) is 22.2. The molecule has 0 saturated carbocycles. The van der Waals surface area contributed by atoms with Crippen LogP contribution in [0.4, 0.5) is 26.7 Å². The van der Waals surface area contributed by atoms with Gasteiger partial charge in [0.1, 0.15) is 0 Å². The number of fused-ring (bicyclic) bond motifs is 1. The molecule has 0 bridgehead atoms. The third-order valence-electron chi connectivity index (χ3n) is 6.79. The molecule has 4 heterocycles. The topological polar surface area (TPSA) is 136 Å². The van der Waals surface area contributed by atoms with E-state index in [0.29, 0.717) is 41.3 Å². The van der Waals surface area contributed by atoms with Crippen LogP contribution in [0.25, 0.3) is 10.2 Å². The number of carbonyl (C=O) groups excluding carboxylic acids is 1. The molecular weight excluding hydrogens is 560 g/mol. The van der Waals surface area contributed by atoms with Gasteiger partial charge < -0.3 is 25.5 Å². The maximum atomic E-state index is 12.6. The van der Waals surface area contributed by atoms with Crippen molar-refractivity contribution in [2.75, 3.05) is 30.4 Å². The molecule has 1 aliphatic heterocycles. The Morgan fingerprint density at radius 1 is 1.05 bits per heavy atom. The van der Waals surface area contributed by atoms with Crippen LogP contribution in [0.2, 0.25) is 0 Å². The van der Waals surface area contributed by atoms with E-state index in [2.05, 4.69) is 30.8 Å². The highest BCUT2D eigenvalue weighted by Crippen LogP contribution is 2.39. The van der Waals surface area contributed by atoms with Crippen molar-refractivity contribution in [2.45, 2.75) is 19.4 Å². The van der Waals surface area contributed by atoms with E-state index in [1.807, 2.05) is 67.6 Å². The largest absolute Gasteiger partial charge is 0.476 e. The molecule has 41 heavy (non-hydrogen) atoms. The van der Waals surface area contributed by atoms with Gasteiger partial charge in [-0.2, -0.15) is 0 Å². The van der Waals surface area contributed by atoms with Crippen LogP contribution in [0.15, 0.2) is 60.7 Å². The number of carbonyl (C=O) groups is 2. The number of thiazole rings is 2. The molecule has 1 fully saturated rings. The van der Waals surface area contributed by atoms with E-state index in [-0.39, 0.29) is 17.6 Å². The van der Waals surface area contributed by atoms with Crippen LogP contribution in [0, 0.1) is 6.92 Å². The Hall–Kier alpha value is -4.62. The predicted molar refractivity (Wildman–Crippen MR) is 160 cm³/mol. The van der Waals surface area contributed by atoms with Gasteiger partial charge in [-0.25, -0.2) is 19.6 Å². The molecule has 11 nitrogen and oxygen atoms in total. The summed E-state index contributed by atoms with van der Waals surface area (Å²) < 4.78 is 1.08. The minimum absolute atomic E-state index is 0.00463. The molecule has 1 aliphatic rings. The number of carboxylic acids is 1. The highest BCUT2D eigenvalue weighted by molar-refractivity contribution is 7.22. The molecule has 2 aromatic carbocycles.